The number of esters is 1. The highest BCUT2D eigenvalue weighted by Gasteiger charge is 2.38. The van der Waals surface area contributed by atoms with E-state index >= 15 is 0 Å². The Morgan fingerprint density at radius 3 is 2.42 bits per heavy atom. The van der Waals surface area contributed by atoms with Crippen LogP contribution >= 0.6 is 0 Å². The zero-order valence-electron chi connectivity index (χ0n) is 22.8. The molecule has 3 amide bonds. The number of nitrogens with zero attached hydrogens (tertiary/aromatic N) is 1. The van der Waals surface area contributed by atoms with E-state index in [9.17, 15) is 19.2 Å². The predicted molar refractivity (Wildman–Crippen MR) is 148 cm³/mol. The summed E-state index contributed by atoms with van der Waals surface area (Å²) in [5.74, 6) is -1.59. The Morgan fingerprint density at radius 2 is 1.73 bits per heavy atom. The second kappa shape index (κ2) is 11.7. The van der Waals surface area contributed by atoms with Crippen LogP contribution in [-0.2, 0) is 30.5 Å². The fourth-order valence-electron chi connectivity index (χ4n) is 4.20. The van der Waals surface area contributed by atoms with Gasteiger partial charge in [-0.1, -0.05) is 12.1 Å². The third-order valence-electron chi connectivity index (χ3n) is 6.46. The Bertz CT molecular complexity index is 1560. The van der Waals surface area contributed by atoms with Crippen LogP contribution in [0.4, 0.5) is 11.4 Å². The number of methoxy groups -OCH3 is 2. The summed E-state index contributed by atoms with van der Waals surface area (Å²) < 4.78 is 16.0. The minimum atomic E-state index is -0.832. The van der Waals surface area contributed by atoms with Gasteiger partial charge in [0.15, 0.2) is 0 Å². The molecular formula is C30H29N3O7. The van der Waals surface area contributed by atoms with Crippen molar-refractivity contribution in [3.63, 3.8) is 0 Å². The fourth-order valence-corrected chi connectivity index (χ4v) is 4.20. The van der Waals surface area contributed by atoms with Crippen LogP contribution in [-0.4, -0.2) is 37.9 Å². The first-order chi connectivity index (χ1) is 19.1. The maximum Gasteiger partial charge on any atom is 0.340 e. The van der Waals surface area contributed by atoms with Crippen LogP contribution in [0.15, 0.2) is 75.9 Å². The Kier molecular flexibility index (Phi) is 8.18. The van der Waals surface area contributed by atoms with Crippen molar-refractivity contribution in [3.05, 3.63) is 94.1 Å². The van der Waals surface area contributed by atoms with Gasteiger partial charge in [-0.05, 0) is 74.4 Å². The number of carbonyl (C=O) groups is 4. The number of nitrogens with one attached hydrogen (secondary N) is 2. The van der Waals surface area contributed by atoms with Crippen molar-refractivity contribution in [3.8, 4) is 5.75 Å². The second-order valence-electron chi connectivity index (χ2n) is 9.09. The predicted octanol–water partition coefficient (Wildman–Crippen LogP) is 4.04. The third-order valence-corrected chi connectivity index (χ3v) is 6.46. The van der Waals surface area contributed by atoms with E-state index in [0.717, 1.165) is 11.1 Å². The summed E-state index contributed by atoms with van der Waals surface area (Å²) in [6.45, 7) is 5.45. The van der Waals surface area contributed by atoms with E-state index in [1.807, 2.05) is 19.9 Å². The minimum absolute atomic E-state index is 0.0645. The highest BCUT2D eigenvalue weighted by atomic mass is 16.5. The van der Waals surface area contributed by atoms with Gasteiger partial charge < -0.3 is 24.5 Å². The molecule has 1 aromatic heterocycles. The van der Waals surface area contributed by atoms with Crippen molar-refractivity contribution in [2.24, 2.45) is 0 Å². The Morgan fingerprint density at radius 1 is 0.950 bits per heavy atom. The van der Waals surface area contributed by atoms with Crippen molar-refractivity contribution in [2.45, 2.75) is 27.3 Å². The quantitative estimate of drug-likeness (QED) is 0.262. The van der Waals surface area contributed by atoms with Crippen molar-refractivity contribution < 1.29 is 33.1 Å². The monoisotopic (exact) mass is 543 g/mol. The molecule has 1 aliphatic heterocycles. The molecule has 2 aromatic carbocycles. The average molecular weight is 544 g/mol. The molecule has 4 rings (SSSR count). The summed E-state index contributed by atoms with van der Waals surface area (Å²) in [5.41, 5.74) is 3.68. The van der Waals surface area contributed by atoms with Gasteiger partial charge in [0.25, 0.3) is 5.91 Å². The van der Waals surface area contributed by atoms with E-state index < -0.39 is 23.7 Å². The van der Waals surface area contributed by atoms with E-state index in [4.69, 9.17) is 13.9 Å². The van der Waals surface area contributed by atoms with Crippen LogP contribution < -0.4 is 20.3 Å². The first-order valence-electron chi connectivity index (χ1n) is 12.4. The van der Waals surface area contributed by atoms with E-state index in [0.29, 0.717) is 28.6 Å². The average Bonchev–Trinajstić information content (AvgIpc) is 3.50. The van der Waals surface area contributed by atoms with Crippen LogP contribution in [0.2, 0.25) is 0 Å². The van der Waals surface area contributed by atoms with Crippen molar-refractivity contribution in [1.82, 2.24) is 5.32 Å². The lowest BCUT2D eigenvalue weighted by Gasteiger charge is -2.18. The van der Waals surface area contributed by atoms with Gasteiger partial charge in [0, 0.05) is 17.5 Å². The first-order valence-corrected chi connectivity index (χ1v) is 12.4. The first kappa shape index (κ1) is 27.9. The van der Waals surface area contributed by atoms with Gasteiger partial charge in [-0.3, -0.25) is 19.3 Å². The maximum atomic E-state index is 13.5. The Balaban J connectivity index is 1.49. The summed E-state index contributed by atoms with van der Waals surface area (Å²) in [5, 5.41) is 5.07. The minimum Gasteiger partial charge on any atom is -0.497 e. The van der Waals surface area contributed by atoms with Gasteiger partial charge in [-0.2, -0.15) is 0 Å². The third kappa shape index (κ3) is 5.80. The lowest BCUT2D eigenvalue weighted by Crippen LogP contribution is -2.34. The molecule has 0 fully saturated rings. The highest BCUT2D eigenvalue weighted by Crippen LogP contribution is 2.36. The lowest BCUT2D eigenvalue weighted by atomic mass is 10.1. The molecular weight excluding hydrogens is 514 g/mol. The molecule has 206 valence electrons. The van der Waals surface area contributed by atoms with Crippen molar-refractivity contribution in [2.75, 3.05) is 24.4 Å². The lowest BCUT2D eigenvalue weighted by molar-refractivity contribution is -0.136. The van der Waals surface area contributed by atoms with Gasteiger partial charge >= 0.3 is 17.8 Å². The molecule has 2 heterocycles. The summed E-state index contributed by atoms with van der Waals surface area (Å²) in [6.07, 6.45) is 1.44. The van der Waals surface area contributed by atoms with Gasteiger partial charge in [0.1, 0.15) is 17.3 Å². The molecule has 0 atom stereocenters. The van der Waals surface area contributed by atoms with Crippen molar-refractivity contribution >= 4 is 41.1 Å². The maximum absolute atomic E-state index is 13.5. The molecule has 0 unspecified atom stereocenters. The number of hydrogen-bond donors (Lipinski definition) is 2. The molecule has 0 saturated carbocycles. The van der Waals surface area contributed by atoms with Crippen molar-refractivity contribution in [1.29, 1.82) is 0 Å². The van der Waals surface area contributed by atoms with Gasteiger partial charge in [-0.25, -0.2) is 4.79 Å². The van der Waals surface area contributed by atoms with Crippen LogP contribution in [0.25, 0.3) is 6.08 Å². The molecule has 40 heavy (non-hydrogen) atoms. The van der Waals surface area contributed by atoms with Gasteiger partial charge in [0.2, 0.25) is 0 Å². The zero-order chi connectivity index (χ0) is 29.0. The van der Waals surface area contributed by atoms with Crippen LogP contribution in [0.1, 0.15) is 29.6 Å². The molecule has 0 spiro atoms. The van der Waals surface area contributed by atoms with E-state index in [2.05, 4.69) is 10.6 Å². The molecule has 3 aromatic rings. The SMILES string of the molecule is COC(=O)C1=C(C)N(c2cccc(OC)c2)C(=O)/C1=C/c1ccc(CNC(=O)C(=O)Nc2ccc(C)c(C)c2)o1. The Hall–Kier alpha value is -5.12. The summed E-state index contributed by atoms with van der Waals surface area (Å²) in [4.78, 5) is 52.1. The zero-order valence-corrected chi connectivity index (χ0v) is 22.8. The number of rotatable bonds is 7. The molecule has 10 nitrogen and oxygen atoms in total. The molecule has 10 heteroatoms. The highest BCUT2D eigenvalue weighted by molar-refractivity contribution is 6.39. The number of anilines is 2. The number of carbonyl (C=O) groups excluding carboxylic acids is 4. The number of hydrogen-bond acceptors (Lipinski definition) is 7. The van der Waals surface area contributed by atoms with Gasteiger partial charge in [-0.15, -0.1) is 0 Å². The smallest absolute Gasteiger partial charge is 0.340 e. The van der Waals surface area contributed by atoms with E-state index in [-0.39, 0.29) is 23.5 Å². The normalized spacial score (nSPS) is 14.0. The topological polar surface area (TPSA) is 127 Å². The van der Waals surface area contributed by atoms with Crippen LogP contribution in [0.5, 0.6) is 5.75 Å². The number of allylic oxidation sites excluding steroid dienone is 1. The fraction of sp³-hybridized carbons (Fsp3) is 0.200. The number of furan rings is 1. The Labute approximate surface area is 231 Å². The summed E-state index contributed by atoms with van der Waals surface area (Å²) in [6, 6.07) is 15.4. The molecule has 2 N–H and O–H groups in total. The number of amides is 3. The number of ether oxygens (including phenoxy) is 2. The largest absolute Gasteiger partial charge is 0.497 e. The molecule has 0 radical (unpaired) electrons. The molecule has 0 saturated heterocycles. The summed E-state index contributed by atoms with van der Waals surface area (Å²) in [7, 11) is 2.76. The van der Waals surface area contributed by atoms with Gasteiger partial charge in [0.05, 0.1) is 37.6 Å². The summed E-state index contributed by atoms with van der Waals surface area (Å²) >= 11 is 0. The molecule has 0 bridgehead atoms. The van der Waals surface area contributed by atoms with Crippen LogP contribution in [0, 0.1) is 13.8 Å². The number of benzene rings is 2. The molecule has 1 aliphatic rings. The van der Waals surface area contributed by atoms with E-state index in [1.165, 1.54) is 25.2 Å². The number of aryl methyl sites for hydroxylation is 2. The standard InChI is InChI=1S/C30H29N3O7/c1-17-9-10-20(13-18(17)2)32-28(35)27(34)31-16-24-12-11-23(40-24)15-25-26(30(37)39-5)19(3)33(29(25)36)21-7-6-8-22(14-21)38-4/h6-15H,16H2,1-5H3,(H,31,34)(H,32,35)/b25-15+. The second-order valence-corrected chi connectivity index (χ2v) is 9.09. The molecule has 0 aliphatic carbocycles. The van der Waals surface area contributed by atoms with E-state index in [1.54, 1.807) is 55.5 Å². The van der Waals surface area contributed by atoms with Crippen LogP contribution in [0.3, 0.4) is 0 Å².